The first-order chi connectivity index (χ1) is 10.2. The normalized spacial score (nSPS) is 10.2. The third-order valence-electron chi connectivity index (χ3n) is 2.99. The van der Waals surface area contributed by atoms with Crippen molar-refractivity contribution in [3.05, 3.63) is 53.1 Å². The smallest absolute Gasteiger partial charge is 0.122 e. The maximum atomic E-state index is 5.91. The van der Waals surface area contributed by atoms with Gasteiger partial charge in [0.25, 0.3) is 0 Å². The zero-order chi connectivity index (χ0) is 15.1. The number of ether oxygens (including phenoxy) is 3. The quantitative estimate of drug-likeness (QED) is 0.705. The highest BCUT2D eigenvalue weighted by Gasteiger charge is 2.01. The van der Waals surface area contributed by atoms with Crippen LogP contribution in [-0.4, -0.2) is 20.3 Å². The number of hydrogen-bond donors (Lipinski definition) is 0. The van der Waals surface area contributed by atoms with E-state index in [4.69, 9.17) is 25.8 Å². The van der Waals surface area contributed by atoms with Crippen LogP contribution in [0.5, 0.6) is 17.2 Å². The van der Waals surface area contributed by atoms with Gasteiger partial charge in [0.05, 0.1) is 20.3 Å². The van der Waals surface area contributed by atoms with Gasteiger partial charge in [0.15, 0.2) is 0 Å². The predicted molar refractivity (Wildman–Crippen MR) is 84.8 cm³/mol. The Balaban J connectivity index is 1.72. The van der Waals surface area contributed by atoms with Crippen molar-refractivity contribution in [2.45, 2.75) is 13.3 Å². The van der Waals surface area contributed by atoms with Gasteiger partial charge in [-0.3, -0.25) is 0 Å². The molecular weight excluding hydrogens is 288 g/mol. The van der Waals surface area contributed by atoms with Crippen molar-refractivity contribution in [2.24, 2.45) is 0 Å². The molecule has 0 amide bonds. The Morgan fingerprint density at radius 3 is 2.48 bits per heavy atom. The summed E-state index contributed by atoms with van der Waals surface area (Å²) in [7, 11) is 1.64. The van der Waals surface area contributed by atoms with Gasteiger partial charge < -0.3 is 14.2 Å². The van der Waals surface area contributed by atoms with Crippen LogP contribution in [0, 0.1) is 6.92 Å². The van der Waals surface area contributed by atoms with Crippen molar-refractivity contribution in [3.8, 4) is 17.2 Å². The lowest BCUT2D eigenvalue weighted by Crippen LogP contribution is -2.05. The highest BCUT2D eigenvalue weighted by Crippen LogP contribution is 2.22. The molecule has 0 N–H and O–H groups in total. The number of rotatable bonds is 7. The molecule has 2 aromatic rings. The first kappa shape index (κ1) is 15.5. The SMILES string of the molecule is COc1cccc(OCCCOc2ccc(Cl)cc2C)c1. The summed E-state index contributed by atoms with van der Waals surface area (Å²) in [6.45, 7) is 3.18. The van der Waals surface area contributed by atoms with Gasteiger partial charge in [0.1, 0.15) is 17.2 Å². The molecule has 4 heteroatoms. The molecule has 0 unspecified atom stereocenters. The minimum absolute atomic E-state index is 0.597. The van der Waals surface area contributed by atoms with Crippen molar-refractivity contribution in [3.63, 3.8) is 0 Å². The van der Waals surface area contributed by atoms with Crippen LogP contribution in [-0.2, 0) is 0 Å². The second kappa shape index (κ2) is 7.79. The van der Waals surface area contributed by atoms with E-state index in [9.17, 15) is 0 Å². The summed E-state index contributed by atoms with van der Waals surface area (Å²) >= 11 is 5.91. The Kier molecular flexibility index (Phi) is 5.76. The van der Waals surface area contributed by atoms with Crippen molar-refractivity contribution in [1.82, 2.24) is 0 Å². The van der Waals surface area contributed by atoms with E-state index in [0.717, 1.165) is 34.3 Å². The van der Waals surface area contributed by atoms with E-state index in [1.807, 2.05) is 49.4 Å². The largest absolute Gasteiger partial charge is 0.497 e. The fourth-order valence-corrected chi connectivity index (χ4v) is 2.12. The van der Waals surface area contributed by atoms with Crippen molar-refractivity contribution in [2.75, 3.05) is 20.3 Å². The molecule has 112 valence electrons. The number of hydrogen-bond acceptors (Lipinski definition) is 3. The predicted octanol–water partition coefficient (Wildman–Crippen LogP) is 4.50. The average Bonchev–Trinajstić information content (AvgIpc) is 2.49. The first-order valence-corrected chi connectivity index (χ1v) is 7.22. The van der Waals surface area contributed by atoms with Crippen LogP contribution in [0.1, 0.15) is 12.0 Å². The van der Waals surface area contributed by atoms with Gasteiger partial charge in [-0.1, -0.05) is 17.7 Å². The number of halogens is 1. The lowest BCUT2D eigenvalue weighted by molar-refractivity contribution is 0.246. The molecule has 0 radical (unpaired) electrons. The molecule has 0 heterocycles. The molecule has 0 saturated carbocycles. The van der Waals surface area contributed by atoms with E-state index in [0.29, 0.717) is 13.2 Å². The Morgan fingerprint density at radius 1 is 0.952 bits per heavy atom. The zero-order valence-electron chi connectivity index (χ0n) is 12.3. The third-order valence-corrected chi connectivity index (χ3v) is 3.23. The standard InChI is InChI=1S/C17H19ClO3/c1-13-11-14(18)7-8-17(13)21-10-4-9-20-16-6-3-5-15(12-16)19-2/h3,5-8,11-12H,4,9-10H2,1-2H3. The summed E-state index contributed by atoms with van der Waals surface area (Å²) in [6, 6.07) is 13.2. The molecule has 2 aromatic carbocycles. The lowest BCUT2D eigenvalue weighted by atomic mass is 10.2. The second-order valence-corrected chi connectivity index (χ2v) is 5.08. The van der Waals surface area contributed by atoms with Crippen molar-refractivity contribution >= 4 is 11.6 Å². The minimum Gasteiger partial charge on any atom is -0.497 e. The first-order valence-electron chi connectivity index (χ1n) is 6.85. The monoisotopic (exact) mass is 306 g/mol. The summed E-state index contributed by atoms with van der Waals surface area (Å²) in [6.07, 6.45) is 0.805. The van der Waals surface area contributed by atoms with Crippen LogP contribution in [0.4, 0.5) is 0 Å². The van der Waals surface area contributed by atoms with E-state index < -0.39 is 0 Å². The molecule has 0 spiro atoms. The molecule has 0 atom stereocenters. The molecule has 0 bridgehead atoms. The average molecular weight is 307 g/mol. The van der Waals surface area contributed by atoms with E-state index >= 15 is 0 Å². The maximum Gasteiger partial charge on any atom is 0.122 e. The van der Waals surface area contributed by atoms with Gasteiger partial charge >= 0.3 is 0 Å². The zero-order valence-corrected chi connectivity index (χ0v) is 13.0. The number of aryl methyl sites for hydroxylation is 1. The fraction of sp³-hybridized carbons (Fsp3) is 0.294. The van der Waals surface area contributed by atoms with E-state index in [1.54, 1.807) is 7.11 Å². The molecule has 0 aromatic heterocycles. The topological polar surface area (TPSA) is 27.7 Å². The van der Waals surface area contributed by atoms with Crippen LogP contribution >= 0.6 is 11.6 Å². The van der Waals surface area contributed by atoms with Gasteiger partial charge in [0, 0.05) is 17.5 Å². The summed E-state index contributed by atoms with van der Waals surface area (Å²) in [5, 5.41) is 0.723. The summed E-state index contributed by atoms with van der Waals surface area (Å²) in [5.74, 6) is 2.46. The van der Waals surface area contributed by atoms with Gasteiger partial charge in [-0.15, -0.1) is 0 Å². The van der Waals surface area contributed by atoms with Crippen molar-refractivity contribution < 1.29 is 14.2 Å². The Labute approximate surface area is 130 Å². The van der Waals surface area contributed by atoms with Gasteiger partial charge in [-0.05, 0) is 42.8 Å². The van der Waals surface area contributed by atoms with Crippen molar-refractivity contribution in [1.29, 1.82) is 0 Å². The number of methoxy groups -OCH3 is 1. The highest BCUT2D eigenvalue weighted by atomic mass is 35.5. The highest BCUT2D eigenvalue weighted by molar-refractivity contribution is 6.30. The lowest BCUT2D eigenvalue weighted by Gasteiger charge is -2.10. The number of benzene rings is 2. The van der Waals surface area contributed by atoms with Gasteiger partial charge in [0.2, 0.25) is 0 Å². The molecule has 0 aliphatic carbocycles. The summed E-state index contributed by atoms with van der Waals surface area (Å²) in [5.41, 5.74) is 1.04. The van der Waals surface area contributed by atoms with E-state index in [2.05, 4.69) is 0 Å². The molecule has 0 aliphatic heterocycles. The Hall–Kier alpha value is -1.87. The fourth-order valence-electron chi connectivity index (χ4n) is 1.90. The maximum absolute atomic E-state index is 5.91. The molecule has 0 fully saturated rings. The second-order valence-electron chi connectivity index (χ2n) is 4.64. The van der Waals surface area contributed by atoms with E-state index in [-0.39, 0.29) is 0 Å². The van der Waals surface area contributed by atoms with Gasteiger partial charge in [-0.2, -0.15) is 0 Å². The summed E-state index contributed by atoms with van der Waals surface area (Å²) in [4.78, 5) is 0. The molecule has 0 saturated heterocycles. The molecular formula is C17H19ClO3. The Bertz CT molecular complexity index is 584. The molecule has 3 nitrogen and oxygen atoms in total. The third kappa shape index (κ3) is 4.87. The van der Waals surface area contributed by atoms with E-state index in [1.165, 1.54) is 0 Å². The summed E-state index contributed by atoms with van der Waals surface area (Å²) < 4.78 is 16.5. The van der Waals surface area contributed by atoms with Crippen LogP contribution in [0.2, 0.25) is 5.02 Å². The van der Waals surface area contributed by atoms with Crippen LogP contribution < -0.4 is 14.2 Å². The van der Waals surface area contributed by atoms with Crippen LogP contribution in [0.15, 0.2) is 42.5 Å². The molecule has 2 rings (SSSR count). The minimum atomic E-state index is 0.597. The molecule has 0 aliphatic rings. The molecule has 21 heavy (non-hydrogen) atoms. The van der Waals surface area contributed by atoms with Crippen LogP contribution in [0.3, 0.4) is 0 Å². The Morgan fingerprint density at radius 2 is 1.71 bits per heavy atom. The van der Waals surface area contributed by atoms with Crippen LogP contribution in [0.25, 0.3) is 0 Å². The van der Waals surface area contributed by atoms with Gasteiger partial charge in [-0.25, -0.2) is 0 Å².